The Morgan fingerprint density at radius 2 is 1.56 bits per heavy atom. The van der Waals surface area contributed by atoms with Crippen LogP contribution in [0.2, 0.25) is 0 Å². The van der Waals surface area contributed by atoms with E-state index in [1.165, 1.54) is 54.6 Å². The number of allylic oxidation sites excluding steroid dienone is 4. The molecule has 0 saturated heterocycles. The highest BCUT2D eigenvalue weighted by molar-refractivity contribution is 5.71. The Balaban J connectivity index is 1.56. The van der Waals surface area contributed by atoms with Gasteiger partial charge in [-0.1, -0.05) is 63.3 Å². The van der Waals surface area contributed by atoms with Crippen LogP contribution >= 0.6 is 0 Å². The Morgan fingerprint density at radius 1 is 0.912 bits per heavy atom. The molecule has 0 bridgehead atoms. The smallest absolute Gasteiger partial charge is 0.332 e. The van der Waals surface area contributed by atoms with E-state index in [0.717, 1.165) is 43.1 Å². The zero-order valence-corrected chi connectivity index (χ0v) is 21.0. The molecule has 0 spiro atoms. The van der Waals surface area contributed by atoms with Crippen molar-refractivity contribution in [3.8, 4) is 0 Å². The molecule has 0 N–H and O–H groups in total. The zero-order valence-electron chi connectivity index (χ0n) is 21.0. The first-order valence-corrected chi connectivity index (χ1v) is 12.5. The monoisotopic (exact) mass is 472 g/mol. The van der Waals surface area contributed by atoms with Crippen molar-refractivity contribution in [3.63, 3.8) is 0 Å². The van der Waals surface area contributed by atoms with Crippen molar-refractivity contribution in [3.05, 3.63) is 51.5 Å². The first-order chi connectivity index (χ1) is 16.5. The van der Waals surface area contributed by atoms with Crippen LogP contribution in [0.5, 0.6) is 0 Å². The van der Waals surface area contributed by atoms with Crippen LogP contribution in [-0.2, 0) is 30.4 Å². The molecule has 0 saturated carbocycles. The van der Waals surface area contributed by atoms with Gasteiger partial charge in [0.15, 0.2) is 17.9 Å². The minimum absolute atomic E-state index is 0.0942. The Hall–Kier alpha value is -2.90. The largest absolute Gasteiger partial charge is 0.444 e. The third kappa shape index (κ3) is 8.47. The molecule has 0 radical (unpaired) electrons. The number of imidazole rings is 1. The molecular weight excluding hydrogens is 432 g/mol. The van der Waals surface area contributed by atoms with Gasteiger partial charge in [-0.3, -0.25) is 23.3 Å². The van der Waals surface area contributed by atoms with Gasteiger partial charge in [-0.25, -0.2) is 9.78 Å². The molecule has 0 unspecified atom stereocenters. The van der Waals surface area contributed by atoms with E-state index in [2.05, 4.69) is 36.2 Å². The maximum absolute atomic E-state index is 12.4. The van der Waals surface area contributed by atoms with Crippen LogP contribution in [0, 0.1) is 0 Å². The van der Waals surface area contributed by atoms with Crippen molar-refractivity contribution in [2.75, 3.05) is 0 Å². The van der Waals surface area contributed by atoms with Gasteiger partial charge in [0.25, 0.3) is 5.56 Å². The minimum atomic E-state index is -0.458. The highest BCUT2D eigenvalue weighted by Crippen LogP contribution is 2.10. The van der Waals surface area contributed by atoms with Gasteiger partial charge in [-0.15, -0.1) is 0 Å². The number of aromatic nitrogens is 4. The Kier molecular flexibility index (Phi) is 12.1. The van der Waals surface area contributed by atoms with Crippen LogP contribution in [0.4, 0.5) is 0 Å². The van der Waals surface area contributed by atoms with E-state index in [1.807, 2.05) is 0 Å². The number of rotatable bonds is 16. The second-order valence-corrected chi connectivity index (χ2v) is 8.72. The summed E-state index contributed by atoms with van der Waals surface area (Å²) in [5.41, 5.74) is -0.381. The number of carbonyl (C=O) groups is 1. The number of ether oxygens (including phenoxy) is 1. The zero-order chi connectivity index (χ0) is 24.8. The molecule has 2 aromatic rings. The number of unbranched alkanes of at least 4 members (excludes halogenated alkanes) is 8. The van der Waals surface area contributed by atoms with E-state index < -0.39 is 11.2 Å². The lowest BCUT2D eigenvalue weighted by Crippen LogP contribution is -2.37. The third-order valence-electron chi connectivity index (χ3n) is 5.91. The number of carbonyl (C=O) groups excluding carboxylic acids is 1. The number of nitrogens with zero attached hydrogens (tertiary/aromatic N) is 4. The average Bonchev–Trinajstić information content (AvgIpc) is 3.26. The van der Waals surface area contributed by atoms with Crippen LogP contribution in [0.15, 0.2) is 40.2 Å². The van der Waals surface area contributed by atoms with Gasteiger partial charge in [-0.05, 0) is 38.5 Å². The fourth-order valence-corrected chi connectivity index (χ4v) is 3.79. The van der Waals surface area contributed by atoms with Crippen molar-refractivity contribution in [1.29, 1.82) is 0 Å². The van der Waals surface area contributed by atoms with Gasteiger partial charge in [0.05, 0.1) is 0 Å². The molecule has 0 aliphatic carbocycles. The summed E-state index contributed by atoms with van der Waals surface area (Å²) in [7, 11) is 2.97. The minimum Gasteiger partial charge on any atom is -0.444 e. The molecule has 0 aliphatic rings. The van der Waals surface area contributed by atoms with Gasteiger partial charge in [0, 0.05) is 20.5 Å². The number of hydrogen-bond donors (Lipinski definition) is 0. The second kappa shape index (κ2) is 15.1. The van der Waals surface area contributed by atoms with Gasteiger partial charge in [-0.2, -0.15) is 0 Å². The molecule has 8 nitrogen and oxygen atoms in total. The second-order valence-electron chi connectivity index (χ2n) is 8.72. The van der Waals surface area contributed by atoms with Crippen molar-refractivity contribution >= 4 is 17.1 Å². The van der Waals surface area contributed by atoms with E-state index in [4.69, 9.17) is 4.74 Å². The van der Waals surface area contributed by atoms with Crippen molar-refractivity contribution in [2.24, 2.45) is 14.1 Å². The summed E-state index contributed by atoms with van der Waals surface area (Å²) < 4.78 is 9.10. The van der Waals surface area contributed by atoms with Crippen molar-refractivity contribution in [1.82, 2.24) is 18.7 Å². The number of fused-ring (bicyclic) bond motifs is 1. The summed E-state index contributed by atoms with van der Waals surface area (Å²) in [6, 6.07) is 0. The summed E-state index contributed by atoms with van der Waals surface area (Å²) in [6.45, 7) is 2.13. The fraction of sp³-hybridized carbons (Fsp3) is 0.615. The molecule has 188 valence electrons. The summed E-state index contributed by atoms with van der Waals surface area (Å²) in [6.07, 6.45) is 23.2. The fourth-order valence-electron chi connectivity index (χ4n) is 3.79. The summed E-state index contributed by atoms with van der Waals surface area (Å²) in [4.78, 5) is 40.6. The van der Waals surface area contributed by atoms with Gasteiger partial charge in [0.2, 0.25) is 0 Å². The molecule has 0 aliphatic heterocycles. The highest BCUT2D eigenvalue weighted by atomic mass is 16.5. The quantitative estimate of drug-likeness (QED) is 0.200. The first kappa shape index (κ1) is 27.3. The lowest BCUT2D eigenvalue weighted by molar-refractivity contribution is -0.147. The van der Waals surface area contributed by atoms with Crippen LogP contribution < -0.4 is 11.2 Å². The highest BCUT2D eigenvalue weighted by Gasteiger charge is 2.15. The van der Waals surface area contributed by atoms with Gasteiger partial charge < -0.3 is 4.74 Å². The van der Waals surface area contributed by atoms with E-state index in [1.54, 1.807) is 7.05 Å². The molecule has 0 atom stereocenters. The third-order valence-corrected chi connectivity index (χ3v) is 5.91. The van der Waals surface area contributed by atoms with Gasteiger partial charge >= 0.3 is 11.7 Å². The summed E-state index contributed by atoms with van der Waals surface area (Å²) >= 11 is 0. The van der Waals surface area contributed by atoms with Crippen LogP contribution in [0.3, 0.4) is 0 Å². The summed E-state index contributed by atoms with van der Waals surface area (Å²) in [5, 5.41) is 0. The van der Waals surface area contributed by atoms with Crippen molar-refractivity contribution in [2.45, 2.75) is 90.7 Å². The lowest BCUT2D eigenvalue weighted by Gasteiger charge is -2.08. The molecule has 0 amide bonds. The topological polar surface area (TPSA) is 88.1 Å². The Labute approximate surface area is 201 Å². The number of aryl methyl sites for hydroxylation is 1. The van der Waals surface area contributed by atoms with Crippen molar-refractivity contribution < 1.29 is 9.53 Å². The molecular formula is C26H40N4O4. The first-order valence-electron chi connectivity index (χ1n) is 12.5. The Bertz CT molecular complexity index is 1070. The molecule has 8 heteroatoms. The normalized spacial score (nSPS) is 11.9. The van der Waals surface area contributed by atoms with Crippen LogP contribution in [0.1, 0.15) is 84.0 Å². The standard InChI is InChI=1S/C26H40N4O4/c1-4-5-6-7-8-9-10-11-12-13-14-15-16-17-18-19-22(31)34-21-30-20-27-24-23(30)25(32)29(3)26(33)28(24)2/h8-9,11-12,20H,4-7,10,13-19,21H2,1-3H3/b9-8-,12-11-. The molecule has 0 fully saturated rings. The number of esters is 1. The maximum atomic E-state index is 12.4. The molecule has 0 aromatic carbocycles. The molecule has 2 rings (SSSR count). The number of hydrogen-bond acceptors (Lipinski definition) is 5. The average molecular weight is 473 g/mol. The van der Waals surface area contributed by atoms with E-state index in [9.17, 15) is 14.4 Å². The van der Waals surface area contributed by atoms with E-state index in [-0.39, 0.29) is 23.9 Å². The van der Waals surface area contributed by atoms with Crippen LogP contribution in [-0.4, -0.2) is 24.7 Å². The predicted octanol–water partition coefficient (Wildman–Crippen LogP) is 4.75. The van der Waals surface area contributed by atoms with E-state index in [0.29, 0.717) is 6.42 Å². The lowest BCUT2D eigenvalue weighted by atomic mass is 10.1. The molecule has 34 heavy (non-hydrogen) atoms. The summed E-state index contributed by atoms with van der Waals surface area (Å²) in [5.74, 6) is -0.297. The van der Waals surface area contributed by atoms with Gasteiger partial charge in [0.1, 0.15) is 6.33 Å². The SMILES string of the molecule is CCCCC/C=C\C/C=C\CCCCCCCC(=O)OCn1cnc2c1c(=O)n(C)c(=O)n2C. The predicted molar refractivity (Wildman–Crippen MR) is 136 cm³/mol. The molecule has 2 heterocycles. The Morgan fingerprint density at radius 3 is 2.26 bits per heavy atom. The molecule has 2 aromatic heterocycles. The maximum Gasteiger partial charge on any atom is 0.332 e. The van der Waals surface area contributed by atoms with E-state index >= 15 is 0 Å². The van der Waals surface area contributed by atoms with Crippen LogP contribution in [0.25, 0.3) is 11.2 Å².